The first-order chi connectivity index (χ1) is 22.7. The molecule has 9 aromatic rings. The normalized spacial score (nSPS) is 11.5. The Hall–Kier alpha value is -6.16. The van der Waals surface area contributed by atoms with E-state index >= 15 is 0 Å². The standard InChI is InChI=1S/C40H23N5S/c41-24-25-18-20-35(45-33-15-7-4-12-28(33)29-13-5-8-16-34(29)45)32(22-25)40-43-38(26-10-2-1-3-11-26)42-39(44-40)27-19-21-37-31(23-27)30-14-6-9-17-36(30)46-37/h1-23H. The number of nitriles is 1. The summed E-state index contributed by atoms with van der Waals surface area (Å²) in [7, 11) is 0. The summed E-state index contributed by atoms with van der Waals surface area (Å²) in [5.74, 6) is 1.66. The first kappa shape index (κ1) is 26.3. The summed E-state index contributed by atoms with van der Waals surface area (Å²) in [4.78, 5) is 15.2. The SMILES string of the molecule is N#Cc1ccc(-n2c3ccccc3c3ccccc32)c(-c2nc(-c3ccccc3)nc(-c3ccc4sc5ccccc5c4c3)n2)c1. The Morgan fingerprint density at radius 2 is 1.11 bits per heavy atom. The van der Waals surface area contributed by atoms with E-state index in [4.69, 9.17) is 15.0 Å². The van der Waals surface area contributed by atoms with Gasteiger partial charge in [0, 0.05) is 47.6 Å². The lowest BCUT2D eigenvalue weighted by atomic mass is 10.1. The van der Waals surface area contributed by atoms with Gasteiger partial charge in [0.05, 0.1) is 28.4 Å². The fraction of sp³-hybridized carbons (Fsp3) is 0. The molecule has 0 bridgehead atoms. The number of thiophene rings is 1. The lowest BCUT2D eigenvalue weighted by Gasteiger charge is -2.15. The molecule has 9 rings (SSSR count). The third-order valence-electron chi connectivity index (χ3n) is 8.49. The molecule has 0 spiro atoms. The van der Waals surface area contributed by atoms with Crippen molar-refractivity contribution in [3.8, 4) is 45.9 Å². The molecule has 0 saturated heterocycles. The number of para-hydroxylation sites is 2. The minimum atomic E-state index is 0.507. The molecule has 5 nitrogen and oxygen atoms in total. The fourth-order valence-electron chi connectivity index (χ4n) is 6.37. The number of hydrogen-bond acceptors (Lipinski definition) is 5. The monoisotopic (exact) mass is 605 g/mol. The van der Waals surface area contributed by atoms with Crippen LogP contribution in [0.2, 0.25) is 0 Å². The van der Waals surface area contributed by atoms with Crippen molar-refractivity contribution in [3.05, 3.63) is 145 Å². The molecule has 0 atom stereocenters. The van der Waals surface area contributed by atoms with Crippen LogP contribution in [0.3, 0.4) is 0 Å². The van der Waals surface area contributed by atoms with Crippen molar-refractivity contribution in [2.24, 2.45) is 0 Å². The molecule has 0 aliphatic carbocycles. The molecule has 0 saturated carbocycles. The average Bonchev–Trinajstić information content (AvgIpc) is 3.67. The van der Waals surface area contributed by atoms with Gasteiger partial charge in [0.25, 0.3) is 0 Å². The molecule has 0 amide bonds. The largest absolute Gasteiger partial charge is 0.309 e. The van der Waals surface area contributed by atoms with Gasteiger partial charge in [0.1, 0.15) is 0 Å². The van der Waals surface area contributed by atoms with E-state index < -0.39 is 0 Å². The molecule has 6 heteroatoms. The third-order valence-corrected chi connectivity index (χ3v) is 9.64. The van der Waals surface area contributed by atoms with Gasteiger partial charge in [-0.1, -0.05) is 84.9 Å². The molecular weight excluding hydrogens is 583 g/mol. The minimum Gasteiger partial charge on any atom is -0.309 e. The number of hydrogen-bond donors (Lipinski definition) is 0. The van der Waals surface area contributed by atoms with Gasteiger partial charge < -0.3 is 4.57 Å². The van der Waals surface area contributed by atoms with E-state index in [1.807, 2.05) is 48.5 Å². The van der Waals surface area contributed by atoms with Crippen molar-refractivity contribution in [3.63, 3.8) is 0 Å². The molecule has 0 fully saturated rings. The van der Waals surface area contributed by atoms with Crippen molar-refractivity contribution < 1.29 is 0 Å². The first-order valence-corrected chi connectivity index (χ1v) is 15.8. The lowest BCUT2D eigenvalue weighted by Crippen LogP contribution is -2.04. The predicted molar refractivity (Wildman–Crippen MR) is 188 cm³/mol. The maximum Gasteiger partial charge on any atom is 0.166 e. The first-order valence-electron chi connectivity index (χ1n) is 15.0. The Labute approximate surface area is 268 Å². The molecule has 0 N–H and O–H groups in total. The molecule has 3 heterocycles. The molecule has 46 heavy (non-hydrogen) atoms. The van der Waals surface area contributed by atoms with Crippen LogP contribution in [-0.4, -0.2) is 19.5 Å². The quantitative estimate of drug-likeness (QED) is 0.200. The molecule has 0 aliphatic rings. The highest BCUT2D eigenvalue weighted by Gasteiger charge is 2.20. The number of fused-ring (bicyclic) bond motifs is 6. The van der Waals surface area contributed by atoms with Gasteiger partial charge in [-0.25, -0.2) is 15.0 Å². The summed E-state index contributed by atoms with van der Waals surface area (Å²) >= 11 is 1.79. The van der Waals surface area contributed by atoms with Crippen molar-refractivity contribution in [2.75, 3.05) is 0 Å². The van der Waals surface area contributed by atoms with Crippen LogP contribution >= 0.6 is 11.3 Å². The van der Waals surface area contributed by atoms with Gasteiger partial charge in [-0.05, 0) is 54.6 Å². The molecular formula is C40H23N5S. The highest BCUT2D eigenvalue weighted by Crippen LogP contribution is 2.38. The van der Waals surface area contributed by atoms with Gasteiger partial charge in [-0.15, -0.1) is 11.3 Å². The number of benzene rings is 6. The Morgan fingerprint density at radius 3 is 1.85 bits per heavy atom. The second-order valence-electron chi connectivity index (χ2n) is 11.2. The van der Waals surface area contributed by atoms with Crippen molar-refractivity contribution in [1.82, 2.24) is 19.5 Å². The van der Waals surface area contributed by atoms with Crippen LogP contribution in [-0.2, 0) is 0 Å². The summed E-state index contributed by atoms with van der Waals surface area (Å²) < 4.78 is 4.72. The van der Waals surface area contributed by atoms with Crippen LogP contribution < -0.4 is 0 Å². The second-order valence-corrected chi connectivity index (χ2v) is 12.3. The number of nitrogens with zero attached hydrogens (tertiary/aromatic N) is 5. The zero-order valence-electron chi connectivity index (χ0n) is 24.4. The van der Waals surface area contributed by atoms with E-state index in [0.717, 1.165) is 44.2 Å². The van der Waals surface area contributed by atoms with Gasteiger partial charge in [0.2, 0.25) is 0 Å². The molecule has 0 unspecified atom stereocenters. The van der Waals surface area contributed by atoms with Crippen molar-refractivity contribution in [1.29, 1.82) is 5.26 Å². The van der Waals surface area contributed by atoms with Gasteiger partial charge in [-0.3, -0.25) is 0 Å². The van der Waals surface area contributed by atoms with Gasteiger partial charge in [-0.2, -0.15) is 5.26 Å². The Kier molecular flexibility index (Phi) is 5.98. The van der Waals surface area contributed by atoms with Crippen LogP contribution in [0.15, 0.2) is 140 Å². The maximum absolute atomic E-state index is 10.00. The van der Waals surface area contributed by atoms with E-state index in [1.54, 1.807) is 11.3 Å². The van der Waals surface area contributed by atoms with Crippen LogP contribution in [0.25, 0.3) is 81.8 Å². The van der Waals surface area contributed by atoms with E-state index in [2.05, 4.69) is 102 Å². The summed E-state index contributed by atoms with van der Waals surface area (Å²) in [6.07, 6.45) is 0. The van der Waals surface area contributed by atoms with Crippen LogP contribution in [0.1, 0.15) is 5.56 Å². The summed E-state index contributed by atoms with van der Waals surface area (Å²) in [6.45, 7) is 0. The fourth-order valence-corrected chi connectivity index (χ4v) is 7.46. The van der Waals surface area contributed by atoms with Crippen LogP contribution in [0.5, 0.6) is 0 Å². The predicted octanol–water partition coefficient (Wildman–Crippen LogP) is 10.2. The third kappa shape index (κ3) is 4.18. The van der Waals surface area contributed by atoms with Crippen molar-refractivity contribution in [2.45, 2.75) is 0 Å². The molecule has 0 aliphatic heterocycles. The summed E-state index contributed by atoms with van der Waals surface area (Å²) in [5.41, 5.74) is 6.13. The smallest absolute Gasteiger partial charge is 0.166 e. The van der Waals surface area contributed by atoms with E-state index in [-0.39, 0.29) is 0 Å². The zero-order valence-corrected chi connectivity index (χ0v) is 25.2. The lowest BCUT2D eigenvalue weighted by molar-refractivity contribution is 1.06. The summed E-state index contributed by atoms with van der Waals surface area (Å²) in [5, 5.41) is 14.7. The molecule has 0 radical (unpaired) electrons. The summed E-state index contributed by atoms with van der Waals surface area (Å²) in [6, 6.07) is 49.8. The van der Waals surface area contributed by atoms with E-state index in [9.17, 15) is 5.26 Å². The zero-order chi connectivity index (χ0) is 30.6. The Balaban J connectivity index is 1.33. The van der Waals surface area contributed by atoms with Gasteiger partial charge >= 0.3 is 0 Å². The number of aromatic nitrogens is 4. The van der Waals surface area contributed by atoms with Crippen LogP contribution in [0.4, 0.5) is 0 Å². The highest BCUT2D eigenvalue weighted by molar-refractivity contribution is 7.25. The Morgan fingerprint density at radius 1 is 0.500 bits per heavy atom. The molecule has 3 aromatic heterocycles. The van der Waals surface area contributed by atoms with E-state index in [0.29, 0.717) is 23.0 Å². The van der Waals surface area contributed by atoms with Crippen LogP contribution in [0, 0.1) is 11.3 Å². The average molecular weight is 606 g/mol. The highest BCUT2D eigenvalue weighted by atomic mass is 32.1. The minimum absolute atomic E-state index is 0.507. The maximum atomic E-state index is 10.00. The van der Waals surface area contributed by atoms with Gasteiger partial charge in [0.15, 0.2) is 17.5 Å². The molecule has 6 aromatic carbocycles. The second kappa shape index (κ2) is 10.5. The Bertz CT molecular complexity index is 2610. The van der Waals surface area contributed by atoms with E-state index in [1.165, 1.54) is 20.2 Å². The molecule has 214 valence electrons. The van der Waals surface area contributed by atoms with Crippen molar-refractivity contribution >= 4 is 53.3 Å². The number of rotatable bonds is 4. The topological polar surface area (TPSA) is 67.4 Å².